The highest BCUT2D eigenvalue weighted by molar-refractivity contribution is 7.19. The number of nitriles is 1. The van der Waals surface area contributed by atoms with Crippen molar-refractivity contribution in [1.29, 1.82) is 5.26 Å². The van der Waals surface area contributed by atoms with E-state index in [1.54, 1.807) is 29.7 Å². The van der Waals surface area contributed by atoms with Crippen LogP contribution in [0.1, 0.15) is 20.9 Å². The van der Waals surface area contributed by atoms with E-state index >= 15 is 0 Å². The van der Waals surface area contributed by atoms with E-state index < -0.39 is 15.8 Å². The maximum absolute atomic E-state index is 12.8. The van der Waals surface area contributed by atoms with E-state index in [1.807, 2.05) is 6.07 Å². The summed E-state index contributed by atoms with van der Waals surface area (Å²) in [6.07, 6.45) is 1.68. The van der Waals surface area contributed by atoms with Gasteiger partial charge in [0.25, 0.3) is 17.3 Å². The predicted molar refractivity (Wildman–Crippen MR) is 116 cm³/mol. The van der Waals surface area contributed by atoms with Gasteiger partial charge in [-0.2, -0.15) is 5.26 Å². The number of fused-ring (bicyclic) bond motifs is 1. The van der Waals surface area contributed by atoms with Crippen LogP contribution in [0.25, 0.3) is 16.2 Å². The fourth-order valence-corrected chi connectivity index (χ4v) is 4.11. The lowest BCUT2D eigenvalue weighted by Gasteiger charge is -2.06. The summed E-state index contributed by atoms with van der Waals surface area (Å²) in [6.45, 7) is 1.72. The molecule has 4 rings (SSSR count). The SMILES string of the molecule is Cc1c(C(=O)Nc2ccc([N+](=O)[O-])cc2C#N)sc2nc(-c3cccc([N+](=O)[O-])c3)cn12. The summed E-state index contributed by atoms with van der Waals surface area (Å²) >= 11 is 1.11. The van der Waals surface area contributed by atoms with Crippen LogP contribution in [0.15, 0.2) is 48.7 Å². The van der Waals surface area contributed by atoms with E-state index in [4.69, 9.17) is 0 Å². The molecule has 0 aliphatic heterocycles. The van der Waals surface area contributed by atoms with Crippen molar-refractivity contribution < 1.29 is 14.6 Å². The number of non-ortho nitro benzene ring substituents is 2. The molecule has 2 heterocycles. The van der Waals surface area contributed by atoms with Gasteiger partial charge in [-0.15, -0.1) is 0 Å². The summed E-state index contributed by atoms with van der Waals surface area (Å²) in [5.41, 5.74) is 1.52. The summed E-state index contributed by atoms with van der Waals surface area (Å²) in [7, 11) is 0. The molecule has 1 amide bonds. The molecule has 0 saturated heterocycles. The molecule has 0 unspecified atom stereocenters. The molecule has 0 aliphatic carbocycles. The van der Waals surface area contributed by atoms with Crippen molar-refractivity contribution in [2.24, 2.45) is 0 Å². The first-order chi connectivity index (χ1) is 15.3. The second-order valence-electron chi connectivity index (χ2n) is 6.66. The standard InChI is InChI=1S/C20H12N6O5S/c1-11-18(19(27)22-16-6-5-15(26(30)31)8-13(16)9-21)32-20-23-17(10-24(11)20)12-3-2-4-14(7-12)25(28)29/h2-8,10H,1H3,(H,22,27). The number of carbonyl (C=O) groups is 1. The fraction of sp³-hybridized carbons (Fsp3) is 0.0500. The van der Waals surface area contributed by atoms with Crippen LogP contribution in [0.5, 0.6) is 0 Å². The van der Waals surface area contributed by atoms with Gasteiger partial charge in [-0.25, -0.2) is 4.98 Å². The number of nitro groups is 2. The average molecular weight is 448 g/mol. The van der Waals surface area contributed by atoms with E-state index in [2.05, 4.69) is 10.3 Å². The molecule has 4 aromatic rings. The number of aryl methyl sites for hydroxylation is 1. The van der Waals surface area contributed by atoms with E-state index in [-0.39, 0.29) is 22.6 Å². The molecule has 0 saturated carbocycles. The Bertz CT molecular complexity index is 1470. The van der Waals surface area contributed by atoms with E-state index in [1.165, 1.54) is 24.3 Å². The number of imidazole rings is 1. The number of amides is 1. The molecular weight excluding hydrogens is 436 g/mol. The Morgan fingerprint density at radius 3 is 2.53 bits per heavy atom. The Balaban J connectivity index is 1.64. The predicted octanol–water partition coefficient (Wildman–Crippen LogP) is 4.31. The number of thiazole rings is 1. The molecule has 0 spiro atoms. The number of hydrogen-bond acceptors (Lipinski definition) is 8. The first kappa shape index (κ1) is 20.6. The van der Waals surface area contributed by atoms with Crippen molar-refractivity contribution in [2.45, 2.75) is 6.92 Å². The first-order valence-corrected chi connectivity index (χ1v) is 9.83. The number of anilines is 1. The number of rotatable bonds is 5. The molecule has 0 bridgehead atoms. The Labute approximate surface area is 183 Å². The summed E-state index contributed by atoms with van der Waals surface area (Å²) in [5.74, 6) is -0.486. The third kappa shape index (κ3) is 3.64. The third-order valence-corrected chi connectivity index (χ3v) is 5.85. The van der Waals surface area contributed by atoms with Crippen LogP contribution in [0.4, 0.5) is 17.1 Å². The van der Waals surface area contributed by atoms with Crippen LogP contribution >= 0.6 is 11.3 Å². The number of hydrogen-bond donors (Lipinski definition) is 1. The topological polar surface area (TPSA) is 156 Å². The van der Waals surface area contributed by atoms with Gasteiger partial charge in [0.2, 0.25) is 0 Å². The van der Waals surface area contributed by atoms with Crippen LogP contribution < -0.4 is 5.32 Å². The zero-order chi connectivity index (χ0) is 23.0. The van der Waals surface area contributed by atoms with Gasteiger partial charge in [-0.1, -0.05) is 23.5 Å². The number of nitrogens with one attached hydrogen (secondary N) is 1. The van der Waals surface area contributed by atoms with Gasteiger partial charge in [-0.3, -0.25) is 29.4 Å². The number of aromatic nitrogens is 2. The summed E-state index contributed by atoms with van der Waals surface area (Å²) in [6, 6.07) is 11.5. The lowest BCUT2D eigenvalue weighted by Crippen LogP contribution is -2.13. The van der Waals surface area contributed by atoms with E-state index in [0.29, 0.717) is 26.8 Å². The first-order valence-electron chi connectivity index (χ1n) is 9.01. The number of nitrogens with zero attached hydrogens (tertiary/aromatic N) is 5. The van der Waals surface area contributed by atoms with Gasteiger partial charge >= 0.3 is 0 Å². The van der Waals surface area contributed by atoms with E-state index in [9.17, 15) is 30.3 Å². The highest BCUT2D eigenvalue weighted by Gasteiger charge is 2.20. The van der Waals surface area contributed by atoms with Crippen LogP contribution in [-0.2, 0) is 0 Å². The van der Waals surface area contributed by atoms with Crippen molar-refractivity contribution in [3.05, 3.63) is 85.0 Å². The average Bonchev–Trinajstić information content (AvgIpc) is 3.33. The normalized spacial score (nSPS) is 10.6. The summed E-state index contributed by atoms with van der Waals surface area (Å²) in [5, 5.41) is 33.8. The van der Waals surface area contributed by atoms with Gasteiger partial charge in [0.05, 0.1) is 26.8 Å². The minimum absolute atomic E-state index is 0.0282. The fourth-order valence-electron chi connectivity index (χ4n) is 3.11. The summed E-state index contributed by atoms with van der Waals surface area (Å²) < 4.78 is 1.70. The zero-order valence-electron chi connectivity index (χ0n) is 16.3. The Morgan fingerprint density at radius 1 is 1.16 bits per heavy atom. The highest BCUT2D eigenvalue weighted by Crippen LogP contribution is 2.30. The molecule has 12 heteroatoms. The molecule has 11 nitrogen and oxygen atoms in total. The van der Waals surface area contributed by atoms with Crippen molar-refractivity contribution in [2.75, 3.05) is 5.32 Å². The van der Waals surface area contributed by atoms with Crippen molar-refractivity contribution in [1.82, 2.24) is 9.38 Å². The van der Waals surface area contributed by atoms with Crippen LogP contribution in [0.3, 0.4) is 0 Å². The summed E-state index contributed by atoms with van der Waals surface area (Å²) in [4.78, 5) is 38.9. The largest absolute Gasteiger partial charge is 0.320 e. The minimum Gasteiger partial charge on any atom is -0.320 e. The number of nitro benzene ring substituents is 2. The van der Waals surface area contributed by atoms with Gasteiger partial charge in [0.1, 0.15) is 10.9 Å². The van der Waals surface area contributed by atoms with Gasteiger partial charge in [0.15, 0.2) is 4.96 Å². The number of benzene rings is 2. The van der Waals surface area contributed by atoms with E-state index in [0.717, 1.165) is 17.4 Å². The van der Waals surface area contributed by atoms with Crippen LogP contribution in [0, 0.1) is 38.5 Å². The molecule has 158 valence electrons. The van der Waals surface area contributed by atoms with Crippen molar-refractivity contribution in [3.63, 3.8) is 0 Å². The second kappa shape index (κ2) is 7.89. The van der Waals surface area contributed by atoms with Crippen molar-refractivity contribution in [3.8, 4) is 17.3 Å². The molecule has 0 fully saturated rings. The van der Waals surface area contributed by atoms with Crippen LogP contribution in [0.2, 0.25) is 0 Å². The Hall–Kier alpha value is -4.63. The zero-order valence-corrected chi connectivity index (χ0v) is 17.1. The molecule has 2 aromatic carbocycles. The molecule has 0 aliphatic rings. The molecule has 2 aromatic heterocycles. The number of carbonyl (C=O) groups excluding carboxylic acids is 1. The monoisotopic (exact) mass is 448 g/mol. The smallest absolute Gasteiger partial charge is 0.270 e. The molecule has 0 radical (unpaired) electrons. The maximum atomic E-state index is 12.8. The highest BCUT2D eigenvalue weighted by atomic mass is 32.1. The molecule has 0 atom stereocenters. The molecular formula is C20H12N6O5S. The van der Waals surface area contributed by atoms with Gasteiger partial charge in [0, 0.05) is 41.7 Å². The quantitative estimate of drug-likeness (QED) is 0.352. The lowest BCUT2D eigenvalue weighted by atomic mass is 10.1. The Morgan fingerprint density at radius 2 is 1.88 bits per heavy atom. The van der Waals surface area contributed by atoms with Gasteiger partial charge in [-0.05, 0) is 13.0 Å². The molecule has 32 heavy (non-hydrogen) atoms. The van der Waals surface area contributed by atoms with Gasteiger partial charge < -0.3 is 5.32 Å². The Kier molecular flexibility index (Phi) is 5.09. The molecule has 1 N–H and O–H groups in total. The van der Waals surface area contributed by atoms with Crippen molar-refractivity contribution >= 4 is 39.3 Å². The van der Waals surface area contributed by atoms with Crippen LogP contribution in [-0.4, -0.2) is 25.1 Å². The maximum Gasteiger partial charge on any atom is 0.270 e. The second-order valence-corrected chi connectivity index (χ2v) is 7.63. The lowest BCUT2D eigenvalue weighted by molar-refractivity contribution is -0.385. The minimum atomic E-state index is -0.621. The third-order valence-electron chi connectivity index (χ3n) is 4.70.